The van der Waals surface area contributed by atoms with Gasteiger partial charge in [0.1, 0.15) is 22.9 Å². The van der Waals surface area contributed by atoms with Gasteiger partial charge in [0.25, 0.3) is 5.91 Å². The number of aromatic nitrogens is 5. The Morgan fingerprint density at radius 2 is 1.78 bits per heavy atom. The van der Waals surface area contributed by atoms with Crippen molar-refractivity contribution in [3.8, 4) is 34.1 Å². The van der Waals surface area contributed by atoms with Crippen molar-refractivity contribution in [2.45, 2.75) is 6.18 Å². The van der Waals surface area contributed by atoms with E-state index in [9.17, 15) is 18.0 Å². The molecule has 2 aromatic carbocycles. The van der Waals surface area contributed by atoms with Crippen LogP contribution in [0.1, 0.15) is 10.5 Å². The van der Waals surface area contributed by atoms with Crippen LogP contribution in [0.3, 0.4) is 0 Å². The number of pyridine rings is 2. The number of aryl methyl sites for hydroxylation is 1. The number of hydrogen-bond acceptors (Lipinski definition) is 7. The Morgan fingerprint density at radius 1 is 0.978 bits per heavy atom. The van der Waals surface area contributed by atoms with E-state index in [0.29, 0.717) is 39.8 Å². The first-order valence-corrected chi connectivity index (χ1v) is 13.7. The number of benzene rings is 2. The molecule has 0 aliphatic rings. The number of nitrogens with zero attached hydrogens (tertiary/aromatic N) is 5. The van der Waals surface area contributed by atoms with E-state index in [1.165, 1.54) is 25.4 Å². The number of ether oxygens (including phenoxy) is 2. The fourth-order valence-corrected chi connectivity index (χ4v) is 4.69. The molecule has 0 saturated carbocycles. The highest BCUT2D eigenvalue weighted by atomic mass is 19.4. The summed E-state index contributed by atoms with van der Waals surface area (Å²) in [4.78, 5) is 25.0. The number of halogens is 3. The maximum atomic E-state index is 13.1. The number of hydrogen-bond donors (Lipinski definition) is 2. The first-order valence-electron chi connectivity index (χ1n) is 13.7. The minimum Gasteiger partial charge on any atom is -0.483 e. The topological polar surface area (TPSA) is 108 Å². The molecule has 2 N–H and O–H groups in total. The molecule has 13 heteroatoms. The number of imidazole rings is 1. The van der Waals surface area contributed by atoms with Crippen molar-refractivity contribution in [2.75, 3.05) is 19.0 Å². The van der Waals surface area contributed by atoms with Crippen LogP contribution in [0.4, 0.5) is 24.8 Å². The molecule has 6 aromatic rings. The number of alkyl halides is 3. The van der Waals surface area contributed by atoms with Gasteiger partial charge in [-0.1, -0.05) is 0 Å². The molecule has 228 valence electrons. The Hall–Kier alpha value is -5.85. The molecule has 4 heterocycles. The number of amides is 1. The summed E-state index contributed by atoms with van der Waals surface area (Å²) in [6.45, 7) is -1.43. The predicted octanol–water partition coefficient (Wildman–Crippen LogP) is 6.66. The quantitative estimate of drug-likeness (QED) is 0.188. The van der Waals surface area contributed by atoms with Crippen LogP contribution in [-0.2, 0) is 7.05 Å². The van der Waals surface area contributed by atoms with Crippen LogP contribution in [-0.4, -0.2) is 49.8 Å². The van der Waals surface area contributed by atoms with Crippen molar-refractivity contribution in [3.05, 3.63) is 103 Å². The Labute approximate surface area is 255 Å². The van der Waals surface area contributed by atoms with E-state index in [1.807, 2.05) is 52.8 Å². The van der Waals surface area contributed by atoms with Crippen LogP contribution in [0.5, 0.6) is 17.2 Å². The van der Waals surface area contributed by atoms with E-state index in [4.69, 9.17) is 14.5 Å². The molecule has 0 bridgehead atoms. The smallest absolute Gasteiger partial charge is 0.422 e. The third-order valence-corrected chi connectivity index (χ3v) is 6.84. The molecule has 0 aliphatic carbocycles. The summed E-state index contributed by atoms with van der Waals surface area (Å²) in [6.07, 6.45) is 3.92. The highest BCUT2D eigenvalue weighted by Gasteiger charge is 2.29. The summed E-state index contributed by atoms with van der Waals surface area (Å²) >= 11 is 0. The van der Waals surface area contributed by atoms with Crippen LogP contribution in [0.15, 0.2) is 97.7 Å². The lowest BCUT2D eigenvalue weighted by molar-refractivity contribution is -0.153. The lowest BCUT2D eigenvalue weighted by Crippen LogP contribution is -2.19. The van der Waals surface area contributed by atoms with Gasteiger partial charge in [0.05, 0.1) is 22.9 Å². The number of rotatable bonds is 9. The van der Waals surface area contributed by atoms with Gasteiger partial charge in [-0.2, -0.15) is 13.2 Å². The van der Waals surface area contributed by atoms with E-state index in [2.05, 4.69) is 20.6 Å². The second kappa shape index (κ2) is 12.0. The molecule has 0 unspecified atom stereocenters. The summed E-state index contributed by atoms with van der Waals surface area (Å²) in [5.41, 5.74) is 3.97. The first-order chi connectivity index (χ1) is 21.7. The van der Waals surface area contributed by atoms with Gasteiger partial charge in [-0.25, -0.2) is 4.98 Å². The number of carbonyl (C=O) groups is 1. The Kier molecular flexibility index (Phi) is 7.82. The summed E-state index contributed by atoms with van der Waals surface area (Å²) < 4.78 is 54.0. The zero-order valence-electron chi connectivity index (χ0n) is 24.0. The molecule has 4 aromatic heterocycles. The first kappa shape index (κ1) is 29.2. The van der Waals surface area contributed by atoms with Crippen molar-refractivity contribution in [3.63, 3.8) is 0 Å². The highest BCUT2D eigenvalue weighted by molar-refractivity contribution is 5.92. The molecule has 0 fully saturated rings. The fraction of sp³-hybridized carbons (Fsp3) is 0.125. The minimum atomic E-state index is -4.50. The number of carbonyl (C=O) groups excluding carboxylic acids is 1. The molecule has 10 nitrogen and oxygen atoms in total. The Bertz CT molecular complexity index is 1990. The standard InChI is InChI=1S/C32H26F3N7O3/c1-36-30(43)27-16-24(9-10-38-27)45-23-6-7-28-26(15-23)40-31(41(28)2)39-21-5-8-29(44-19-32(33,34)35)25(14-21)20-13-22(18-37-17-20)42-11-3-4-12-42/h3-18H,19H2,1-2H3,(H,36,43)(H,39,40). The average Bonchev–Trinajstić information content (AvgIpc) is 3.68. The maximum absolute atomic E-state index is 13.1. The minimum absolute atomic E-state index is 0.0619. The summed E-state index contributed by atoms with van der Waals surface area (Å²) in [5, 5.41) is 5.79. The molecule has 0 radical (unpaired) electrons. The van der Waals surface area contributed by atoms with Crippen LogP contribution in [0.25, 0.3) is 27.8 Å². The lowest BCUT2D eigenvalue weighted by atomic mass is 10.1. The van der Waals surface area contributed by atoms with E-state index in [0.717, 1.165) is 11.2 Å². The molecule has 0 aliphatic heterocycles. The van der Waals surface area contributed by atoms with Crippen molar-refractivity contribution < 1.29 is 27.4 Å². The highest BCUT2D eigenvalue weighted by Crippen LogP contribution is 2.36. The van der Waals surface area contributed by atoms with Gasteiger partial charge >= 0.3 is 6.18 Å². The number of fused-ring (bicyclic) bond motifs is 1. The normalized spacial score (nSPS) is 11.4. The summed E-state index contributed by atoms with van der Waals surface area (Å²) in [7, 11) is 3.36. The van der Waals surface area contributed by atoms with Crippen LogP contribution in [0.2, 0.25) is 0 Å². The summed E-state index contributed by atoms with van der Waals surface area (Å²) in [6, 6.07) is 18.9. The third kappa shape index (κ3) is 6.56. The van der Waals surface area contributed by atoms with Crippen molar-refractivity contribution in [1.29, 1.82) is 0 Å². The van der Waals surface area contributed by atoms with E-state index in [1.54, 1.807) is 42.7 Å². The van der Waals surface area contributed by atoms with Crippen LogP contribution in [0, 0.1) is 0 Å². The lowest BCUT2D eigenvalue weighted by Gasteiger charge is -2.16. The van der Waals surface area contributed by atoms with Gasteiger partial charge in [0, 0.05) is 67.8 Å². The second-order valence-corrected chi connectivity index (χ2v) is 9.96. The zero-order chi connectivity index (χ0) is 31.6. The van der Waals surface area contributed by atoms with Gasteiger partial charge < -0.3 is 29.2 Å². The van der Waals surface area contributed by atoms with E-state index in [-0.39, 0.29) is 17.4 Å². The van der Waals surface area contributed by atoms with Crippen molar-refractivity contribution in [1.82, 2.24) is 29.4 Å². The maximum Gasteiger partial charge on any atom is 0.422 e. The number of anilines is 2. The summed E-state index contributed by atoms with van der Waals surface area (Å²) in [5.74, 6) is 1.16. The molecule has 0 spiro atoms. The molecular formula is C32H26F3N7O3. The molecular weight excluding hydrogens is 587 g/mol. The largest absolute Gasteiger partial charge is 0.483 e. The van der Waals surface area contributed by atoms with Gasteiger partial charge in [-0.15, -0.1) is 0 Å². The molecule has 45 heavy (non-hydrogen) atoms. The van der Waals surface area contributed by atoms with Crippen LogP contribution < -0.4 is 20.1 Å². The Balaban J connectivity index is 1.30. The molecule has 0 saturated heterocycles. The van der Waals surface area contributed by atoms with Gasteiger partial charge in [-0.05, 0) is 54.6 Å². The average molecular weight is 614 g/mol. The number of nitrogens with one attached hydrogen (secondary N) is 2. The van der Waals surface area contributed by atoms with Crippen LogP contribution >= 0.6 is 0 Å². The second-order valence-electron chi connectivity index (χ2n) is 9.96. The molecule has 1 amide bonds. The van der Waals surface area contributed by atoms with Crippen molar-refractivity contribution >= 4 is 28.6 Å². The molecule has 6 rings (SSSR count). The van der Waals surface area contributed by atoms with Gasteiger partial charge in [-0.3, -0.25) is 14.8 Å². The van der Waals surface area contributed by atoms with E-state index < -0.39 is 12.8 Å². The molecule has 0 atom stereocenters. The Morgan fingerprint density at radius 3 is 2.56 bits per heavy atom. The van der Waals surface area contributed by atoms with Gasteiger partial charge in [0.2, 0.25) is 5.95 Å². The third-order valence-electron chi connectivity index (χ3n) is 6.84. The predicted molar refractivity (Wildman–Crippen MR) is 162 cm³/mol. The van der Waals surface area contributed by atoms with Crippen molar-refractivity contribution in [2.24, 2.45) is 7.05 Å². The monoisotopic (exact) mass is 613 g/mol. The fourth-order valence-electron chi connectivity index (χ4n) is 4.69. The zero-order valence-corrected chi connectivity index (χ0v) is 24.0. The van der Waals surface area contributed by atoms with Gasteiger partial charge in [0.15, 0.2) is 6.61 Å². The van der Waals surface area contributed by atoms with E-state index >= 15 is 0 Å². The SMILES string of the molecule is CNC(=O)c1cc(Oc2ccc3c(c2)nc(Nc2ccc(OCC(F)(F)F)c(-c4cncc(-n5cccc5)c4)c2)n3C)ccn1.